The maximum Gasteiger partial charge on any atom is 0.256 e. The zero-order chi connectivity index (χ0) is 15.4. The van der Waals surface area contributed by atoms with Gasteiger partial charge in [-0.2, -0.15) is 0 Å². The Morgan fingerprint density at radius 1 is 1.43 bits per heavy atom. The van der Waals surface area contributed by atoms with Crippen molar-refractivity contribution in [2.75, 3.05) is 18.5 Å². The molecule has 0 saturated carbocycles. The molecule has 1 aliphatic heterocycles. The molecule has 1 N–H and O–H groups in total. The lowest BCUT2D eigenvalue weighted by atomic mass is 10.1. The van der Waals surface area contributed by atoms with Crippen LogP contribution in [0.4, 0.5) is 5.69 Å². The first-order valence-corrected chi connectivity index (χ1v) is 7.81. The predicted molar refractivity (Wildman–Crippen MR) is 85.7 cm³/mol. The van der Waals surface area contributed by atoms with Crippen LogP contribution in [0.3, 0.4) is 0 Å². The molecule has 4 nitrogen and oxygen atoms in total. The lowest BCUT2D eigenvalue weighted by molar-refractivity contribution is -0.0443. The molecule has 1 saturated heterocycles. The van der Waals surface area contributed by atoms with E-state index in [1.54, 1.807) is 0 Å². The number of hydrogen-bond donors (Lipinski definition) is 1. The van der Waals surface area contributed by atoms with Crippen molar-refractivity contribution in [3.05, 3.63) is 29.8 Å². The zero-order valence-corrected chi connectivity index (χ0v) is 13.4. The largest absolute Gasteiger partial charge is 0.382 e. The van der Waals surface area contributed by atoms with Gasteiger partial charge in [0.15, 0.2) is 0 Å². The highest BCUT2D eigenvalue weighted by Gasteiger charge is 2.30. The maximum absolute atomic E-state index is 12.9. The normalized spacial score (nSPS) is 22.4. The third-order valence-corrected chi connectivity index (χ3v) is 3.80. The highest BCUT2D eigenvalue weighted by Crippen LogP contribution is 2.22. The van der Waals surface area contributed by atoms with E-state index >= 15 is 0 Å². The average Bonchev–Trinajstić information content (AvgIpc) is 2.46. The van der Waals surface area contributed by atoms with Crippen molar-refractivity contribution >= 4 is 11.6 Å². The molecule has 116 valence electrons. The number of nitrogens with one attached hydrogen (secondary N) is 1. The van der Waals surface area contributed by atoms with Crippen LogP contribution in [0.25, 0.3) is 0 Å². The number of morpholine rings is 1. The van der Waals surface area contributed by atoms with Gasteiger partial charge in [0.1, 0.15) is 0 Å². The van der Waals surface area contributed by atoms with Gasteiger partial charge in [-0.05, 0) is 39.3 Å². The summed E-state index contributed by atoms with van der Waals surface area (Å²) in [4.78, 5) is 14.9. The third kappa shape index (κ3) is 3.76. The standard InChI is InChI=1S/C17H26N2O2/c1-5-14-11-21-13(4)10-19(14)17(20)15-8-6-7-9-16(15)18-12(2)3/h6-9,12-14,18H,5,10-11H2,1-4H3. The molecule has 0 aromatic heterocycles. The Labute approximate surface area is 127 Å². The van der Waals surface area contributed by atoms with Crippen LogP contribution in [-0.4, -0.2) is 42.1 Å². The van der Waals surface area contributed by atoms with Crippen LogP contribution in [-0.2, 0) is 4.74 Å². The van der Waals surface area contributed by atoms with E-state index < -0.39 is 0 Å². The van der Waals surface area contributed by atoms with E-state index in [1.807, 2.05) is 36.1 Å². The van der Waals surface area contributed by atoms with Crippen LogP contribution < -0.4 is 5.32 Å². The first kappa shape index (κ1) is 15.8. The second kappa shape index (κ2) is 6.94. The smallest absolute Gasteiger partial charge is 0.256 e. The van der Waals surface area contributed by atoms with Gasteiger partial charge in [-0.1, -0.05) is 19.1 Å². The van der Waals surface area contributed by atoms with Gasteiger partial charge in [-0.3, -0.25) is 4.79 Å². The summed E-state index contributed by atoms with van der Waals surface area (Å²) in [6.45, 7) is 9.56. The van der Waals surface area contributed by atoms with Crippen molar-refractivity contribution in [2.24, 2.45) is 0 Å². The fourth-order valence-corrected chi connectivity index (χ4v) is 2.69. The summed E-state index contributed by atoms with van der Waals surface area (Å²) in [6.07, 6.45) is 1.01. The van der Waals surface area contributed by atoms with Crippen molar-refractivity contribution in [3.63, 3.8) is 0 Å². The van der Waals surface area contributed by atoms with Gasteiger partial charge >= 0.3 is 0 Å². The van der Waals surface area contributed by atoms with Gasteiger partial charge in [0.05, 0.1) is 24.3 Å². The lowest BCUT2D eigenvalue weighted by Crippen LogP contribution is -2.51. The molecule has 1 aromatic rings. The molecule has 1 amide bonds. The molecule has 2 atom stereocenters. The average molecular weight is 290 g/mol. The van der Waals surface area contributed by atoms with Crippen molar-refractivity contribution in [1.82, 2.24) is 4.90 Å². The Morgan fingerprint density at radius 2 is 2.14 bits per heavy atom. The summed E-state index contributed by atoms with van der Waals surface area (Å²) in [5.74, 6) is 0.0979. The lowest BCUT2D eigenvalue weighted by Gasteiger charge is -2.38. The van der Waals surface area contributed by atoms with Crippen LogP contribution >= 0.6 is 0 Å². The Hall–Kier alpha value is -1.55. The van der Waals surface area contributed by atoms with Gasteiger partial charge in [0.25, 0.3) is 5.91 Å². The number of hydrogen-bond acceptors (Lipinski definition) is 3. The number of anilines is 1. The summed E-state index contributed by atoms with van der Waals surface area (Å²) in [5, 5.41) is 3.36. The molecule has 2 rings (SSSR count). The van der Waals surface area contributed by atoms with Crippen LogP contribution in [0.5, 0.6) is 0 Å². The molecule has 1 heterocycles. The van der Waals surface area contributed by atoms with Crippen LogP contribution in [0.15, 0.2) is 24.3 Å². The number of nitrogens with zero attached hydrogens (tertiary/aromatic N) is 1. The van der Waals surface area contributed by atoms with Gasteiger partial charge in [0, 0.05) is 18.3 Å². The molecule has 1 aromatic carbocycles. The number of amides is 1. The van der Waals surface area contributed by atoms with E-state index in [9.17, 15) is 4.79 Å². The summed E-state index contributed by atoms with van der Waals surface area (Å²) in [5.41, 5.74) is 1.66. The van der Waals surface area contributed by atoms with Crippen LogP contribution in [0.1, 0.15) is 44.5 Å². The van der Waals surface area contributed by atoms with Gasteiger partial charge in [-0.25, -0.2) is 0 Å². The van der Waals surface area contributed by atoms with E-state index in [-0.39, 0.29) is 18.1 Å². The van der Waals surface area contributed by atoms with Crippen molar-refractivity contribution < 1.29 is 9.53 Å². The molecular formula is C17H26N2O2. The molecule has 0 radical (unpaired) electrons. The maximum atomic E-state index is 12.9. The highest BCUT2D eigenvalue weighted by atomic mass is 16.5. The molecule has 0 bridgehead atoms. The van der Waals surface area contributed by atoms with Crippen LogP contribution in [0.2, 0.25) is 0 Å². The van der Waals surface area contributed by atoms with E-state index in [2.05, 4.69) is 26.1 Å². The SMILES string of the molecule is CCC1COC(C)CN1C(=O)c1ccccc1NC(C)C. The van der Waals surface area contributed by atoms with Gasteiger partial charge in [0.2, 0.25) is 0 Å². The van der Waals surface area contributed by atoms with Crippen molar-refractivity contribution in [2.45, 2.75) is 52.3 Å². The zero-order valence-electron chi connectivity index (χ0n) is 13.4. The van der Waals surface area contributed by atoms with E-state index in [0.29, 0.717) is 19.2 Å². The Morgan fingerprint density at radius 3 is 2.81 bits per heavy atom. The molecule has 2 unspecified atom stereocenters. The second-order valence-corrected chi connectivity index (χ2v) is 6.01. The minimum absolute atomic E-state index is 0.0979. The molecule has 0 aliphatic carbocycles. The molecule has 21 heavy (non-hydrogen) atoms. The molecule has 1 aliphatic rings. The number of carbonyl (C=O) groups is 1. The van der Waals surface area contributed by atoms with Gasteiger partial charge in [-0.15, -0.1) is 0 Å². The quantitative estimate of drug-likeness (QED) is 0.926. The van der Waals surface area contributed by atoms with Crippen molar-refractivity contribution in [3.8, 4) is 0 Å². The number of benzene rings is 1. The fourth-order valence-electron chi connectivity index (χ4n) is 2.69. The Bertz CT molecular complexity index is 487. The summed E-state index contributed by atoms with van der Waals surface area (Å²) in [6, 6.07) is 8.22. The first-order valence-electron chi connectivity index (χ1n) is 7.81. The number of para-hydroxylation sites is 1. The van der Waals surface area contributed by atoms with Crippen LogP contribution in [0, 0.1) is 0 Å². The van der Waals surface area contributed by atoms with E-state index in [0.717, 1.165) is 17.7 Å². The number of rotatable bonds is 4. The molecular weight excluding hydrogens is 264 g/mol. The third-order valence-electron chi connectivity index (χ3n) is 3.80. The van der Waals surface area contributed by atoms with Gasteiger partial charge < -0.3 is 15.0 Å². The Balaban J connectivity index is 2.25. The van der Waals surface area contributed by atoms with E-state index in [4.69, 9.17) is 4.74 Å². The van der Waals surface area contributed by atoms with Crippen molar-refractivity contribution in [1.29, 1.82) is 0 Å². The molecule has 0 spiro atoms. The summed E-state index contributed by atoms with van der Waals surface area (Å²) >= 11 is 0. The molecule has 4 heteroatoms. The topological polar surface area (TPSA) is 41.6 Å². The second-order valence-electron chi connectivity index (χ2n) is 6.01. The number of carbonyl (C=O) groups excluding carboxylic acids is 1. The number of ether oxygens (including phenoxy) is 1. The first-order chi connectivity index (χ1) is 10.0. The molecule has 1 fully saturated rings. The minimum atomic E-state index is 0.0979. The summed E-state index contributed by atoms with van der Waals surface area (Å²) in [7, 11) is 0. The predicted octanol–water partition coefficient (Wildman–Crippen LogP) is 3.15. The van der Waals surface area contributed by atoms with E-state index in [1.165, 1.54) is 0 Å². The minimum Gasteiger partial charge on any atom is -0.382 e. The Kier molecular flexibility index (Phi) is 5.23. The fraction of sp³-hybridized carbons (Fsp3) is 0.588. The monoisotopic (exact) mass is 290 g/mol. The summed E-state index contributed by atoms with van der Waals surface area (Å²) < 4.78 is 5.68. The highest BCUT2D eigenvalue weighted by molar-refractivity contribution is 5.99.